The van der Waals surface area contributed by atoms with E-state index in [0.29, 0.717) is 12.3 Å². The molecule has 2 aromatic carbocycles. The number of benzene rings is 2. The summed E-state index contributed by atoms with van der Waals surface area (Å²) in [5.74, 6) is 0.640. The van der Waals surface area contributed by atoms with E-state index in [1.807, 2.05) is 30.3 Å². The zero-order chi connectivity index (χ0) is 18.0. The van der Waals surface area contributed by atoms with Crippen molar-refractivity contribution in [1.82, 2.24) is 10.6 Å². The molecule has 1 atom stereocenters. The summed E-state index contributed by atoms with van der Waals surface area (Å²) >= 11 is 0. The molecule has 0 bridgehead atoms. The van der Waals surface area contributed by atoms with Crippen LogP contribution in [0.4, 0.5) is 4.79 Å². The lowest BCUT2D eigenvalue weighted by Crippen LogP contribution is -2.45. The molecule has 5 heteroatoms. The van der Waals surface area contributed by atoms with Crippen molar-refractivity contribution in [3.63, 3.8) is 0 Å². The van der Waals surface area contributed by atoms with Gasteiger partial charge < -0.3 is 20.2 Å². The SMILES string of the molecule is O=C(NCc1cccc2ccccc12)NCC(O)(c1ccco1)C1CC1. The van der Waals surface area contributed by atoms with E-state index in [1.54, 1.807) is 18.4 Å². The van der Waals surface area contributed by atoms with Gasteiger partial charge in [0.25, 0.3) is 0 Å². The average Bonchev–Trinajstić information content (AvgIpc) is 3.39. The van der Waals surface area contributed by atoms with Gasteiger partial charge in [-0.25, -0.2) is 4.79 Å². The minimum atomic E-state index is -1.14. The number of urea groups is 1. The molecule has 134 valence electrons. The van der Waals surface area contributed by atoms with E-state index in [2.05, 4.69) is 22.8 Å². The number of hydrogen-bond donors (Lipinski definition) is 3. The first-order valence-electron chi connectivity index (χ1n) is 8.91. The van der Waals surface area contributed by atoms with Crippen LogP contribution in [0.2, 0.25) is 0 Å². The molecule has 26 heavy (non-hydrogen) atoms. The normalized spacial score (nSPS) is 16.2. The highest BCUT2D eigenvalue weighted by Gasteiger charge is 2.47. The third kappa shape index (κ3) is 3.30. The number of rotatable bonds is 6. The van der Waals surface area contributed by atoms with Crippen molar-refractivity contribution in [3.8, 4) is 0 Å². The zero-order valence-corrected chi connectivity index (χ0v) is 14.4. The maximum Gasteiger partial charge on any atom is 0.315 e. The molecule has 4 rings (SSSR count). The molecule has 0 spiro atoms. The van der Waals surface area contributed by atoms with Crippen molar-refractivity contribution in [3.05, 3.63) is 72.2 Å². The topological polar surface area (TPSA) is 74.5 Å². The summed E-state index contributed by atoms with van der Waals surface area (Å²) in [5.41, 5.74) is -0.0814. The Balaban J connectivity index is 1.38. The first-order valence-corrected chi connectivity index (χ1v) is 8.91. The first-order chi connectivity index (χ1) is 12.7. The van der Waals surface area contributed by atoms with Gasteiger partial charge in [0.2, 0.25) is 0 Å². The Hall–Kier alpha value is -2.79. The Morgan fingerprint density at radius 2 is 1.88 bits per heavy atom. The van der Waals surface area contributed by atoms with Gasteiger partial charge in [-0.3, -0.25) is 0 Å². The minimum Gasteiger partial charge on any atom is -0.466 e. The predicted molar refractivity (Wildman–Crippen MR) is 99.5 cm³/mol. The number of carbonyl (C=O) groups excluding carboxylic acids is 1. The molecule has 0 aliphatic heterocycles. The van der Waals surface area contributed by atoms with Crippen molar-refractivity contribution < 1.29 is 14.3 Å². The Labute approximate surface area is 152 Å². The second kappa shape index (κ2) is 6.84. The Kier molecular flexibility index (Phi) is 4.39. The molecule has 3 N–H and O–H groups in total. The summed E-state index contributed by atoms with van der Waals surface area (Å²) in [6.45, 7) is 0.558. The van der Waals surface area contributed by atoms with Gasteiger partial charge in [0.05, 0.1) is 12.8 Å². The minimum absolute atomic E-state index is 0.131. The molecule has 1 aromatic heterocycles. The van der Waals surface area contributed by atoms with E-state index in [0.717, 1.165) is 29.2 Å². The summed E-state index contributed by atoms with van der Waals surface area (Å²) in [7, 11) is 0. The highest BCUT2D eigenvalue weighted by Crippen LogP contribution is 2.45. The summed E-state index contributed by atoms with van der Waals surface area (Å²) in [5, 5.41) is 18.9. The fourth-order valence-corrected chi connectivity index (χ4v) is 3.42. The maximum absolute atomic E-state index is 12.2. The number of furan rings is 1. The smallest absolute Gasteiger partial charge is 0.315 e. The largest absolute Gasteiger partial charge is 0.466 e. The van der Waals surface area contributed by atoms with Gasteiger partial charge in [-0.2, -0.15) is 0 Å². The van der Waals surface area contributed by atoms with Gasteiger partial charge in [0.15, 0.2) is 0 Å². The summed E-state index contributed by atoms with van der Waals surface area (Å²) in [6.07, 6.45) is 3.43. The first kappa shape index (κ1) is 16.7. The number of hydrogen-bond acceptors (Lipinski definition) is 3. The van der Waals surface area contributed by atoms with Gasteiger partial charge in [0.1, 0.15) is 11.4 Å². The molecule has 5 nitrogen and oxygen atoms in total. The van der Waals surface area contributed by atoms with Gasteiger partial charge in [-0.15, -0.1) is 0 Å². The number of fused-ring (bicyclic) bond motifs is 1. The molecule has 1 aliphatic rings. The van der Waals surface area contributed by atoms with Crippen molar-refractivity contribution in [2.45, 2.75) is 25.0 Å². The Morgan fingerprint density at radius 3 is 2.65 bits per heavy atom. The molecule has 0 saturated heterocycles. The second-order valence-electron chi connectivity index (χ2n) is 6.85. The quantitative estimate of drug-likeness (QED) is 0.637. The molecular formula is C21H22N2O3. The number of aliphatic hydroxyl groups is 1. The van der Waals surface area contributed by atoms with Crippen LogP contribution in [0.5, 0.6) is 0 Å². The highest BCUT2D eigenvalue weighted by atomic mass is 16.4. The molecule has 1 saturated carbocycles. The number of amides is 2. The molecule has 3 aromatic rings. The maximum atomic E-state index is 12.2. The molecule has 1 aliphatic carbocycles. The van der Waals surface area contributed by atoms with Gasteiger partial charge >= 0.3 is 6.03 Å². The van der Waals surface area contributed by atoms with E-state index in [9.17, 15) is 9.90 Å². The van der Waals surface area contributed by atoms with Gasteiger partial charge in [-0.05, 0) is 47.2 Å². The van der Waals surface area contributed by atoms with E-state index >= 15 is 0 Å². The molecule has 2 amide bonds. The van der Waals surface area contributed by atoms with Crippen molar-refractivity contribution >= 4 is 16.8 Å². The average molecular weight is 350 g/mol. The van der Waals surface area contributed by atoms with Crippen LogP contribution in [0.25, 0.3) is 10.8 Å². The van der Waals surface area contributed by atoms with Crippen molar-refractivity contribution in [2.75, 3.05) is 6.54 Å². The molecule has 1 heterocycles. The molecular weight excluding hydrogens is 328 g/mol. The molecule has 1 unspecified atom stereocenters. The monoisotopic (exact) mass is 350 g/mol. The number of carbonyl (C=O) groups is 1. The Morgan fingerprint density at radius 1 is 1.08 bits per heavy atom. The van der Waals surface area contributed by atoms with E-state index in [4.69, 9.17) is 4.42 Å². The van der Waals surface area contributed by atoms with Crippen LogP contribution < -0.4 is 10.6 Å². The number of nitrogens with one attached hydrogen (secondary N) is 2. The van der Waals surface area contributed by atoms with Crippen LogP contribution in [0.15, 0.2) is 65.3 Å². The van der Waals surface area contributed by atoms with Gasteiger partial charge in [-0.1, -0.05) is 42.5 Å². The van der Waals surface area contributed by atoms with Crippen LogP contribution in [-0.4, -0.2) is 17.7 Å². The van der Waals surface area contributed by atoms with E-state index < -0.39 is 5.60 Å². The standard InChI is InChI=1S/C21H22N2O3/c24-20(22-13-16-7-3-6-15-5-1-2-8-18(15)16)23-14-21(25,17-10-11-17)19-9-4-12-26-19/h1-9,12,17,25H,10-11,13-14H2,(H2,22,23,24). The molecule has 0 radical (unpaired) electrons. The fraction of sp³-hybridized carbons (Fsp3) is 0.286. The second-order valence-corrected chi connectivity index (χ2v) is 6.85. The van der Waals surface area contributed by atoms with Crippen LogP contribution in [0.3, 0.4) is 0 Å². The summed E-state index contributed by atoms with van der Waals surface area (Å²) in [4.78, 5) is 12.2. The third-order valence-electron chi connectivity index (χ3n) is 5.04. The summed E-state index contributed by atoms with van der Waals surface area (Å²) < 4.78 is 5.39. The fourth-order valence-electron chi connectivity index (χ4n) is 3.42. The van der Waals surface area contributed by atoms with E-state index in [1.165, 1.54) is 0 Å². The van der Waals surface area contributed by atoms with E-state index in [-0.39, 0.29) is 18.5 Å². The summed E-state index contributed by atoms with van der Waals surface area (Å²) in [6, 6.07) is 17.3. The lowest BCUT2D eigenvalue weighted by molar-refractivity contribution is -0.00449. The van der Waals surface area contributed by atoms with Crippen molar-refractivity contribution in [1.29, 1.82) is 0 Å². The van der Waals surface area contributed by atoms with Gasteiger partial charge in [0, 0.05) is 6.54 Å². The molecule has 1 fully saturated rings. The van der Waals surface area contributed by atoms with Crippen LogP contribution in [-0.2, 0) is 12.1 Å². The lowest BCUT2D eigenvalue weighted by Gasteiger charge is -2.26. The predicted octanol–water partition coefficient (Wildman–Crippen LogP) is 3.53. The van der Waals surface area contributed by atoms with Crippen LogP contribution in [0, 0.1) is 5.92 Å². The Bertz CT molecular complexity index is 897. The van der Waals surface area contributed by atoms with Crippen LogP contribution >= 0.6 is 0 Å². The highest BCUT2D eigenvalue weighted by molar-refractivity contribution is 5.86. The van der Waals surface area contributed by atoms with Crippen LogP contribution in [0.1, 0.15) is 24.2 Å². The third-order valence-corrected chi connectivity index (χ3v) is 5.04. The van der Waals surface area contributed by atoms with Crippen molar-refractivity contribution in [2.24, 2.45) is 5.92 Å². The lowest BCUT2D eigenvalue weighted by atomic mass is 9.94. The zero-order valence-electron chi connectivity index (χ0n) is 14.4.